The van der Waals surface area contributed by atoms with Gasteiger partial charge in [0.15, 0.2) is 11.3 Å². The normalized spacial score (nSPS) is 15.4. The van der Waals surface area contributed by atoms with E-state index in [1.807, 2.05) is 0 Å². The first kappa shape index (κ1) is 40.7. The number of fused-ring (bicyclic) bond motifs is 5. The second-order valence-corrected chi connectivity index (χ2v) is 16.4. The zero-order chi connectivity index (χ0) is 35.7. The summed E-state index contributed by atoms with van der Waals surface area (Å²) in [5.41, 5.74) is 1.92. The van der Waals surface area contributed by atoms with Crippen molar-refractivity contribution in [2.24, 2.45) is 20.0 Å². The Morgan fingerprint density at radius 2 is 0.580 bits per heavy atom. The van der Waals surface area contributed by atoms with Crippen molar-refractivity contribution in [2.45, 2.75) is 233 Å². The van der Waals surface area contributed by atoms with Crippen LogP contribution >= 0.6 is 0 Å². The fourth-order valence-electron chi connectivity index (χ4n) is 8.59. The average molecular weight is 685 g/mol. The summed E-state index contributed by atoms with van der Waals surface area (Å²) in [5, 5.41) is 7.09. The molecule has 0 saturated heterocycles. The highest BCUT2D eigenvalue weighted by Crippen LogP contribution is 2.32. The summed E-state index contributed by atoms with van der Waals surface area (Å²) in [4.78, 5) is 22.5. The van der Waals surface area contributed by atoms with E-state index in [-0.39, 0.29) is 11.3 Å². The largest absolute Gasteiger partial charge is 0.253 e. The van der Waals surface area contributed by atoms with Crippen LogP contribution in [-0.4, -0.2) is 11.3 Å². The minimum absolute atomic E-state index is 0.301. The van der Waals surface area contributed by atoms with E-state index in [2.05, 4.69) is 53.7 Å². The van der Waals surface area contributed by atoms with Gasteiger partial charge in [-0.3, -0.25) is 20.0 Å². The monoisotopic (exact) mass is 685 g/mol. The van der Waals surface area contributed by atoms with Gasteiger partial charge in [0.25, 0.3) is 0 Å². The topological polar surface area (TPSA) is 49.4 Å². The van der Waals surface area contributed by atoms with Crippen LogP contribution in [0.25, 0.3) is 10.8 Å². The molecule has 0 fully saturated rings. The van der Waals surface area contributed by atoms with Gasteiger partial charge in [-0.25, -0.2) is 0 Å². The Labute approximate surface area is 307 Å². The second-order valence-electron chi connectivity index (χ2n) is 16.4. The molecule has 4 nitrogen and oxygen atoms in total. The van der Waals surface area contributed by atoms with Gasteiger partial charge in [0, 0.05) is 10.8 Å². The van der Waals surface area contributed by atoms with E-state index in [1.54, 1.807) is 0 Å². The number of nitrogens with zero attached hydrogens (tertiary/aromatic N) is 4. The summed E-state index contributed by atoms with van der Waals surface area (Å²) in [7, 11) is 0. The smallest absolute Gasteiger partial charge is 0.151 e. The van der Waals surface area contributed by atoms with Gasteiger partial charge in [0.05, 0.1) is 21.4 Å². The van der Waals surface area contributed by atoms with Gasteiger partial charge < -0.3 is 0 Å². The molecule has 2 aromatic carbocycles. The van der Waals surface area contributed by atoms with Crippen LogP contribution in [0.3, 0.4) is 0 Å². The van der Waals surface area contributed by atoms with Crippen molar-refractivity contribution in [1.82, 2.24) is 0 Å². The molecule has 2 aliphatic rings. The predicted octanol–water partition coefficient (Wildman–Crippen LogP) is 12.4. The lowest BCUT2D eigenvalue weighted by Crippen LogP contribution is -2.32. The lowest BCUT2D eigenvalue weighted by Gasteiger charge is -2.23. The highest BCUT2D eigenvalue weighted by molar-refractivity contribution is 5.83. The van der Waals surface area contributed by atoms with E-state index in [1.165, 1.54) is 176 Å². The Balaban J connectivity index is 1.67. The first-order chi connectivity index (χ1) is 24.4. The molecule has 0 radical (unpaired) electrons. The first-order valence-corrected chi connectivity index (χ1v) is 21.9. The van der Waals surface area contributed by atoms with E-state index in [4.69, 9.17) is 20.0 Å². The number of aryl methyl sites for hydroxylation is 2. The molecule has 4 rings (SSSR count). The van der Waals surface area contributed by atoms with Crippen LogP contribution < -0.4 is 21.4 Å². The van der Waals surface area contributed by atoms with Crippen LogP contribution in [-0.2, 0) is 0 Å². The third-order valence-corrected chi connectivity index (χ3v) is 11.7. The predicted molar refractivity (Wildman–Crippen MR) is 215 cm³/mol. The molecule has 50 heavy (non-hydrogen) atoms. The van der Waals surface area contributed by atoms with Crippen LogP contribution in [0.5, 0.6) is 0 Å². The molecule has 0 saturated carbocycles. The van der Waals surface area contributed by atoms with Crippen LogP contribution in [0.4, 0.5) is 0 Å². The number of rotatable bonds is 28. The third kappa shape index (κ3) is 11.4. The Kier molecular flexibility index (Phi) is 17.4. The molecule has 0 spiro atoms. The lowest BCUT2D eigenvalue weighted by molar-refractivity contribution is 0.348. The Bertz CT molecular complexity index is 1400. The number of benzene rings is 2. The molecule has 0 amide bonds. The summed E-state index contributed by atoms with van der Waals surface area (Å²) in [6.07, 6.45) is 35.8. The molecule has 2 aromatic rings. The highest BCUT2D eigenvalue weighted by Gasteiger charge is 2.34. The highest BCUT2D eigenvalue weighted by atomic mass is 15.1. The van der Waals surface area contributed by atoms with Crippen molar-refractivity contribution < 1.29 is 0 Å². The van der Waals surface area contributed by atoms with Gasteiger partial charge in [-0.15, -0.1) is 0 Å². The minimum Gasteiger partial charge on any atom is -0.253 e. The summed E-state index contributed by atoms with van der Waals surface area (Å²) in [6, 6.07) is 4.78. The molecule has 280 valence electrons. The molecule has 2 aliphatic heterocycles. The Morgan fingerprint density at radius 3 is 0.860 bits per heavy atom. The molecule has 0 aromatic heterocycles. The quantitative estimate of drug-likeness (QED) is 0.0801. The van der Waals surface area contributed by atoms with E-state index < -0.39 is 0 Å². The fraction of sp³-hybridized carbons (Fsp3) is 0.783. The van der Waals surface area contributed by atoms with E-state index in [0.717, 1.165) is 47.1 Å². The van der Waals surface area contributed by atoms with Crippen molar-refractivity contribution in [3.63, 3.8) is 0 Å². The van der Waals surface area contributed by atoms with Crippen molar-refractivity contribution in [1.29, 1.82) is 0 Å². The maximum absolute atomic E-state index is 5.67. The van der Waals surface area contributed by atoms with Gasteiger partial charge in [0.2, 0.25) is 0 Å². The number of hydrogen-bond acceptors (Lipinski definition) is 4. The van der Waals surface area contributed by atoms with Gasteiger partial charge in [0.1, 0.15) is 0 Å². The van der Waals surface area contributed by atoms with Crippen LogP contribution in [0.15, 0.2) is 32.1 Å². The van der Waals surface area contributed by atoms with Gasteiger partial charge in [-0.1, -0.05) is 156 Å². The minimum atomic E-state index is -0.301. The van der Waals surface area contributed by atoms with Crippen LogP contribution in [0.2, 0.25) is 0 Å². The van der Waals surface area contributed by atoms with Gasteiger partial charge in [-0.05, 0) is 88.5 Å². The van der Waals surface area contributed by atoms with Gasteiger partial charge >= 0.3 is 0 Å². The first-order valence-electron chi connectivity index (χ1n) is 21.9. The van der Waals surface area contributed by atoms with Crippen molar-refractivity contribution in [3.05, 3.63) is 44.7 Å². The maximum atomic E-state index is 5.67. The lowest BCUT2D eigenvalue weighted by atomic mass is 9.95. The molecule has 0 N–H and O–H groups in total. The zero-order valence-electron chi connectivity index (χ0n) is 33.7. The van der Waals surface area contributed by atoms with Crippen LogP contribution in [0.1, 0.15) is 219 Å². The summed E-state index contributed by atoms with van der Waals surface area (Å²) in [6.45, 7) is 13.7. The van der Waals surface area contributed by atoms with Crippen molar-refractivity contribution in [3.8, 4) is 0 Å². The molecule has 0 unspecified atom stereocenters. The van der Waals surface area contributed by atoms with Crippen molar-refractivity contribution in [2.75, 3.05) is 0 Å². The second kappa shape index (κ2) is 21.4. The van der Waals surface area contributed by atoms with Crippen molar-refractivity contribution >= 4 is 10.8 Å². The van der Waals surface area contributed by atoms with E-state index in [9.17, 15) is 0 Å². The van der Waals surface area contributed by atoms with E-state index >= 15 is 0 Å². The zero-order valence-corrected chi connectivity index (χ0v) is 33.7. The number of hydrogen-bond donors (Lipinski definition) is 0. The standard InChI is InChI=1S/C46H76N4/c1-7-11-15-19-23-27-31-45(32-28-24-20-16-12-8-2)47-41-37(5)35-40-39(43(41)49-45)36-38(6)42-44(40)50-46(48-42,33-29-25-21-17-13-9-3)34-30-26-22-18-14-10-4/h35-36H,7-34H2,1-6H3. The Morgan fingerprint density at radius 1 is 0.340 bits per heavy atom. The number of unbranched alkanes of at least 4 members (excludes halogenated alkanes) is 20. The maximum Gasteiger partial charge on any atom is 0.151 e. The molecule has 0 bridgehead atoms. The Hall–Kier alpha value is -2.10. The molecular formula is C46H76N4. The molecule has 0 aliphatic carbocycles. The van der Waals surface area contributed by atoms with E-state index in [0.29, 0.717) is 0 Å². The molecular weight excluding hydrogens is 609 g/mol. The van der Waals surface area contributed by atoms with Gasteiger partial charge in [-0.2, -0.15) is 0 Å². The average Bonchev–Trinajstić information content (AvgIpc) is 3.69. The summed E-state index contributed by atoms with van der Waals surface area (Å²) in [5.74, 6) is 0. The fourth-order valence-corrected chi connectivity index (χ4v) is 8.59. The molecule has 0 atom stereocenters. The SMILES string of the molecule is CCCCCCCCC1(CCCCCCCC)N=c2c(C)cc3c4c(c(C)cc3c2=N1)=NC(CCCCCCCC)(CCCCCCCC)N=4. The third-order valence-electron chi connectivity index (χ3n) is 11.7. The van der Waals surface area contributed by atoms with Crippen LogP contribution in [0, 0.1) is 13.8 Å². The summed E-state index contributed by atoms with van der Waals surface area (Å²) < 4.78 is 0. The molecule has 4 heteroatoms. The summed E-state index contributed by atoms with van der Waals surface area (Å²) >= 11 is 0. The molecule has 2 heterocycles.